The van der Waals surface area contributed by atoms with Crippen LogP contribution in [0.25, 0.3) is 10.8 Å². The van der Waals surface area contributed by atoms with Gasteiger partial charge >= 0.3 is 0 Å². The van der Waals surface area contributed by atoms with Crippen molar-refractivity contribution in [2.24, 2.45) is 0 Å². The molecular weight excluding hydrogens is 518 g/mol. The van der Waals surface area contributed by atoms with Gasteiger partial charge in [-0.3, -0.25) is 4.90 Å². The van der Waals surface area contributed by atoms with E-state index in [-0.39, 0.29) is 6.61 Å². The zero-order chi connectivity index (χ0) is 28.8. The number of hydrogen-bond acceptors (Lipinski definition) is 4. The van der Waals surface area contributed by atoms with Gasteiger partial charge in [0.2, 0.25) is 0 Å². The molecule has 42 heavy (non-hydrogen) atoms. The molecule has 0 heterocycles. The summed E-state index contributed by atoms with van der Waals surface area (Å²) in [6.07, 6.45) is 4.55. The number of hydrogen-bond donors (Lipinski definition) is 1. The first-order chi connectivity index (χ1) is 20.7. The molecule has 216 valence electrons. The molecule has 0 aliphatic rings. The van der Waals surface area contributed by atoms with Gasteiger partial charge < -0.3 is 14.6 Å². The zero-order valence-corrected chi connectivity index (χ0v) is 24.3. The molecule has 5 aromatic rings. The molecule has 0 fully saturated rings. The zero-order valence-electron chi connectivity index (χ0n) is 24.3. The molecular formula is C38H41NO3. The Hall–Kier alpha value is -4.12. The van der Waals surface area contributed by atoms with Gasteiger partial charge in [-0.15, -0.1) is 0 Å². The molecule has 0 atom stereocenters. The van der Waals surface area contributed by atoms with E-state index in [0.717, 1.165) is 55.2 Å². The molecule has 0 aromatic heterocycles. The Morgan fingerprint density at radius 1 is 0.524 bits per heavy atom. The molecule has 4 nitrogen and oxygen atoms in total. The van der Waals surface area contributed by atoms with Crippen LogP contribution in [0.2, 0.25) is 0 Å². The van der Waals surface area contributed by atoms with Gasteiger partial charge in [0.05, 0.1) is 13.2 Å². The molecule has 0 saturated heterocycles. The first-order valence-corrected chi connectivity index (χ1v) is 15.0. The summed E-state index contributed by atoms with van der Waals surface area (Å²) in [6, 6.07) is 42.1. The fraction of sp³-hybridized carbons (Fsp3) is 0.263. The summed E-state index contributed by atoms with van der Waals surface area (Å²) in [5.74, 6) is 1.78. The number of unbranched alkanes of at least 4 members (excludes halogenated alkanes) is 2. The molecule has 5 rings (SSSR count). The highest BCUT2D eigenvalue weighted by Gasteiger charge is 2.09. The second-order valence-corrected chi connectivity index (χ2v) is 10.8. The van der Waals surface area contributed by atoms with E-state index >= 15 is 0 Å². The summed E-state index contributed by atoms with van der Waals surface area (Å²) < 4.78 is 12.1. The van der Waals surface area contributed by atoms with Gasteiger partial charge in [0.25, 0.3) is 0 Å². The van der Waals surface area contributed by atoms with Crippen LogP contribution in [-0.2, 0) is 26.1 Å². The van der Waals surface area contributed by atoms with Crippen LogP contribution in [0, 0.1) is 0 Å². The minimum atomic E-state index is 0.116. The minimum Gasteiger partial charge on any atom is -0.494 e. The molecule has 5 aromatic carbocycles. The molecule has 1 N–H and O–H groups in total. The van der Waals surface area contributed by atoms with Gasteiger partial charge in [0.1, 0.15) is 18.1 Å². The maximum absolute atomic E-state index is 9.75. The third-order valence-corrected chi connectivity index (χ3v) is 7.47. The Morgan fingerprint density at radius 3 is 1.98 bits per heavy atom. The predicted octanol–water partition coefficient (Wildman–Crippen LogP) is 8.21. The predicted molar refractivity (Wildman–Crippen MR) is 172 cm³/mol. The molecule has 0 radical (unpaired) electrons. The number of aliphatic hydroxyl groups excluding tert-OH is 1. The number of aryl methyl sites for hydroxylation is 1. The van der Waals surface area contributed by atoms with Crippen LogP contribution >= 0.6 is 0 Å². The van der Waals surface area contributed by atoms with Crippen LogP contribution in [-0.4, -0.2) is 29.8 Å². The third kappa shape index (κ3) is 9.20. The summed E-state index contributed by atoms with van der Waals surface area (Å²) in [4.78, 5) is 2.27. The molecule has 0 saturated carbocycles. The van der Waals surface area contributed by atoms with Crippen molar-refractivity contribution < 1.29 is 14.6 Å². The van der Waals surface area contributed by atoms with Crippen LogP contribution in [0.5, 0.6) is 11.5 Å². The summed E-state index contributed by atoms with van der Waals surface area (Å²) in [6.45, 7) is 3.50. The van der Waals surface area contributed by atoms with Crippen molar-refractivity contribution in [1.82, 2.24) is 4.90 Å². The van der Waals surface area contributed by atoms with Crippen LogP contribution in [0.1, 0.15) is 41.5 Å². The fourth-order valence-electron chi connectivity index (χ4n) is 5.25. The molecule has 4 heteroatoms. The number of aliphatic hydroxyl groups is 1. The molecule has 0 bridgehead atoms. The van der Waals surface area contributed by atoms with Gasteiger partial charge in [-0.25, -0.2) is 0 Å². The van der Waals surface area contributed by atoms with E-state index in [1.54, 1.807) is 0 Å². The maximum Gasteiger partial charge on any atom is 0.120 e. The molecule has 0 unspecified atom stereocenters. The van der Waals surface area contributed by atoms with Crippen LogP contribution < -0.4 is 9.47 Å². The first-order valence-electron chi connectivity index (χ1n) is 15.0. The summed E-state index contributed by atoms with van der Waals surface area (Å²) in [7, 11) is 0. The number of rotatable bonds is 16. The SMILES string of the molecule is OCCN(Cc1cccc(OCc2ccccc2)c1)Cc1ccc2cc(OCCCCCc3ccccc3)ccc2c1. The number of benzene rings is 5. The summed E-state index contributed by atoms with van der Waals surface area (Å²) in [5, 5.41) is 12.1. The van der Waals surface area contributed by atoms with Crippen molar-refractivity contribution in [3.8, 4) is 11.5 Å². The highest BCUT2D eigenvalue weighted by molar-refractivity contribution is 5.84. The number of fused-ring (bicyclic) bond motifs is 1. The highest BCUT2D eigenvalue weighted by atomic mass is 16.5. The smallest absolute Gasteiger partial charge is 0.120 e. The van der Waals surface area contributed by atoms with E-state index < -0.39 is 0 Å². The van der Waals surface area contributed by atoms with Crippen molar-refractivity contribution in [3.05, 3.63) is 144 Å². The Labute approximate surface area is 250 Å². The lowest BCUT2D eigenvalue weighted by Crippen LogP contribution is -2.26. The average molecular weight is 560 g/mol. The van der Waals surface area contributed by atoms with E-state index in [2.05, 4.69) is 95.9 Å². The standard InChI is InChI=1S/C38H41NO3/c40-23-22-39(28-33-16-10-17-37(26-33)42-30-32-14-6-2-7-15-32)29-34-18-19-36-27-38(21-20-35(36)25-34)41-24-9-3-8-13-31-11-4-1-5-12-31/h1-2,4-7,10-12,14-21,25-27,40H,3,8-9,13,22-24,28-30H2. The largest absolute Gasteiger partial charge is 0.494 e. The Morgan fingerprint density at radius 2 is 1.19 bits per heavy atom. The van der Waals surface area contributed by atoms with Crippen molar-refractivity contribution in [3.63, 3.8) is 0 Å². The summed E-state index contributed by atoms with van der Waals surface area (Å²) >= 11 is 0. The van der Waals surface area contributed by atoms with Crippen molar-refractivity contribution in [1.29, 1.82) is 0 Å². The normalized spacial score (nSPS) is 11.2. The van der Waals surface area contributed by atoms with E-state index in [1.807, 2.05) is 30.3 Å². The first kappa shape index (κ1) is 29.4. The van der Waals surface area contributed by atoms with E-state index in [1.165, 1.54) is 34.7 Å². The third-order valence-electron chi connectivity index (χ3n) is 7.47. The van der Waals surface area contributed by atoms with Gasteiger partial charge in [-0.05, 0) is 89.0 Å². The van der Waals surface area contributed by atoms with E-state index in [4.69, 9.17) is 9.47 Å². The molecule has 0 aliphatic heterocycles. The monoisotopic (exact) mass is 559 g/mol. The van der Waals surface area contributed by atoms with Gasteiger partial charge in [0, 0.05) is 19.6 Å². The molecule has 0 spiro atoms. The Bertz CT molecular complexity index is 1500. The minimum absolute atomic E-state index is 0.116. The lowest BCUT2D eigenvalue weighted by Gasteiger charge is -2.22. The van der Waals surface area contributed by atoms with Crippen LogP contribution in [0.4, 0.5) is 0 Å². The Balaban J connectivity index is 1.11. The average Bonchev–Trinajstić information content (AvgIpc) is 3.03. The second kappa shape index (κ2) is 15.8. The fourth-order valence-corrected chi connectivity index (χ4v) is 5.25. The quantitative estimate of drug-likeness (QED) is 0.124. The van der Waals surface area contributed by atoms with Crippen LogP contribution in [0.15, 0.2) is 121 Å². The lowest BCUT2D eigenvalue weighted by molar-refractivity contribution is 0.184. The number of ether oxygens (including phenoxy) is 2. The number of nitrogens with zero attached hydrogens (tertiary/aromatic N) is 1. The van der Waals surface area contributed by atoms with E-state index in [9.17, 15) is 5.11 Å². The Kier molecular flexibility index (Phi) is 11.0. The topological polar surface area (TPSA) is 41.9 Å². The summed E-state index contributed by atoms with van der Waals surface area (Å²) in [5.41, 5.74) is 4.94. The lowest BCUT2D eigenvalue weighted by atomic mass is 10.1. The van der Waals surface area contributed by atoms with Crippen LogP contribution in [0.3, 0.4) is 0 Å². The van der Waals surface area contributed by atoms with Gasteiger partial charge in [0.15, 0.2) is 0 Å². The van der Waals surface area contributed by atoms with Gasteiger partial charge in [-0.1, -0.05) is 91.0 Å². The maximum atomic E-state index is 9.75. The second-order valence-electron chi connectivity index (χ2n) is 10.8. The van der Waals surface area contributed by atoms with E-state index in [0.29, 0.717) is 13.2 Å². The van der Waals surface area contributed by atoms with Crippen molar-refractivity contribution >= 4 is 10.8 Å². The molecule has 0 aliphatic carbocycles. The van der Waals surface area contributed by atoms with Crippen molar-refractivity contribution in [2.45, 2.75) is 45.4 Å². The highest BCUT2D eigenvalue weighted by Crippen LogP contribution is 2.24. The van der Waals surface area contributed by atoms with Crippen molar-refractivity contribution in [2.75, 3.05) is 19.8 Å². The molecule has 0 amide bonds. The van der Waals surface area contributed by atoms with Gasteiger partial charge in [-0.2, -0.15) is 0 Å².